The summed E-state index contributed by atoms with van der Waals surface area (Å²) in [6, 6.07) is 56.6. The third-order valence-corrected chi connectivity index (χ3v) is 15.9. The molecule has 0 fully saturated rings. The second-order valence-electron chi connectivity index (χ2n) is 27.5. The highest BCUT2D eigenvalue weighted by molar-refractivity contribution is 5.29. The highest BCUT2D eigenvalue weighted by atomic mass is 16.3. The van der Waals surface area contributed by atoms with Crippen molar-refractivity contribution in [3.8, 4) is 0 Å². The lowest BCUT2D eigenvalue weighted by Crippen LogP contribution is -2.32. The smallest absolute Gasteiger partial charge is 0.0662 e. The molecule has 0 bridgehead atoms. The first-order chi connectivity index (χ1) is 38.5. The summed E-state index contributed by atoms with van der Waals surface area (Å²) in [4.78, 5) is 0. The van der Waals surface area contributed by atoms with E-state index in [9.17, 15) is 25.5 Å². The van der Waals surface area contributed by atoms with Crippen LogP contribution in [0, 0.1) is 61.7 Å². The molecule has 0 aliphatic rings. The molecule has 6 aromatic carbocycles. The van der Waals surface area contributed by atoms with Crippen LogP contribution in [-0.2, 0) is 0 Å². The molecule has 0 spiro atoms. The largest absolute Gasteiger partial charge is 0.393 e. The Balaban J connectivity index is 0.000000498. The molecule has 0 amide bonds. The molecule has 83 heavy (non-hydrogen) atoms. The highest BCUT2D eigenvalue weighted by Crippen LogP contribution is 2.41. The molecule has 0 aliphatic heterocycles. The van der Waals surface area contributed by atoms with Crippen LogP contribution in [0.15, 0.2) is 164 Å². The summed E-state index contributed by atoms with van der Waals surface area (Å²) < 4.78 is 0. The van der Waals surface area contributed by atoms with E-state index in [-0.39, 0.29) is 54.0 Å². The molecular weight excluding hydrogens is 1020 g/mol. The number of aryl methyl sites for hydroxylation is 3. The van der Waals surface area contributed by atoms with E-state index in [0.717, 1.165) is 0 Å². The van der Waals surface area contributed by atoms with E-state index in [1.54, 1.807) is 0 Å². The molecule has 0 saturated carbocycles. The third kappa shape index (κ3) is 27.8. The Morgan fingerprint density at radius 2 is 0.446 bits per heavy atom. The summed E-state index contributed by atoms with van der Waals surface area (Å²) in [6.45, 7) is 50.5. The van der Waals surface area contributed by atoms with Crippen molar-refractivity contribution in [1.29, 1.82) is 0 Å². The second-order valence-corrected chi connectivity index (χ2v) is 27.5. The van der Waals surface area contributed by atoms with Crippen LogP contribution >= 0.6 is 0 Å². The Bertz CT molecular complexity index is 2380. The summed E-state index contributed by atoms with van der Waals surface area (Å²) in [5.74, 6) is 4.85. The lowest BCUT2D eigenvalue weighted by molar-refractivity contribution is 0.0331. The summed E-state index contributed by atoms with van der Waals surface area (Å²) in [6.07, 6.45) is -1.11. The lowest BCUT2D eigenvalue weighted by atomic mass is 9.71. The predicted molar refractivity (Wildman–Crippen MR) is 361 cm³/mol. The summed E-state index contributed by atoms with van der Waals surface area (Å²) >= 11 is 0. The standard InChI is InChI=1S/C14H22O.C14H22.2C13H20O.2C12H18O/c1-10(2)13(14(4,5)15)12-8-6-11(3)7-9-12;1-11(2)13(14(3,4)5)12-9-7-6-8-10-12;2*1-9(2)13(11(4)14)12-7-5-10(3)6-8-12;2*1-9(2)12(10(3)13)11-7-5-4-6-8-11/h6-10,13,15H,1-5H3;6-11,13H,1-5H3;2*5-9,11,13-14H,1-4H3;2*4-10,12-13H,1-3H3/t2*13-;11-,13+;11-,13-;10-,12+;10-,12-/m000101/s1. The molecule has 0 aliphatic carbocycles. The van der Waals surface area contributed by atoms with Crippen LogP contribution < -0.4 is 0 Å². The van der Waals surface area contributed by atoms with E-state index in [1.165, 1.54) is 50.1 Å². The Hall–Kier alpha value is -4.88. The van der Waals surface area contributed by atoms with Gasteiger partial charge in [0.05, 0.1) is 30.0 Å². The van der Waals surface area contributed by atoms with Crippen molar-refractivity contribution in [2.75, 3.05) is 0 Å². The van der Waals surface area contributed by atoms with Gasteiger partial charge < -0.3 is 25.5 Å². The average Bonchev–Trinajstić information content (AvgIpc) is 3.48. The van der Waals surface area contributed by atoms with E-state index in [1.807, 2.05) is 77.9 Å². The van der Waals surface area contributed by atoms with Gasteiger partial charge in [0.15, 0.2) is 0 Å². The summed E-state index contributed by atoms with van der Waals surface area (Å²) in [5, 5.41) is 48.9. The number of aliphatic hydroxyl groups is 5. The monoisotopic (exact) mass is 1140 g/mol. The van der Waals surface area contributed by atoms with Gasteiger partial charge in [-0.3, -0.25) is 0 Å². The van der Waals surface area contributed by atoms with E-state index >= 15 is 0 Å². The fraction of sp³-hybridized carbons (Fsp3) is 0.538. The van der Waals surface area contributed by atoms with Crippen LogP contribution in [0.4, 0.5) is 0 Å². The molecule has 5 nitrogen and oxygen atoms in total. The van der Waals surface area contributed by atoms with Gasteiger partial charge in [-0.2, -0.15) is 0 Å². The van der Waals surface area contributed by atoms with Gasteiger partial charge in [-0.1, -0.05) is 284 Å². The maximum Gasteiger partial charge on any atom is 0.0662 e. The molecule has 6 rings (SSSR count). The van der Waals surface area contributed by atoms with E-state index in [2.05, 4.69) is 252 Å². The van der Waals surface area contributed by atoms with Gasteiger partial charge in [0, 0.05) is 29.6 Å². The lowest BCUT2D eigenvalue weighted by Gasteiger charge is -2.34. The van der Waals surface area contributed by atoms with Gasteiger partial charge in [-0.25, -0.2) is 0 Å². The van der Waals surface area contributed by atoms with E-state index in [0.29, 0.717) is 46.8 Å². The van der Waals surface area contributed by atoms with Crippen molar-refractivity contribution in [1.82, 2.24) is 0 Å². The zero-order valence-corrected chi connectivity index (χ0v) is 56.6. The normalized spacial score (nSPS) is 15.2. The average molecular weight is 1140 g/mol. The molecule has 0 heterocycles. The number of hydrogen-bond donors (Lipinski definition) is 5. The van der Waals surface area contributed by atoms with Gasteiger partial charge in [-0.15, -0.1) is 0 Å². The number of aliphatic hydroxyl groups excluding tert-OH is 4. The third-order valence-electron chi connectivity index (χ3n) is 15.9. The molecule has 0 radical (unpaired) electrons. The molecule has 0 unspecified atom stereocenters. The minimum Gasteiger partial charge on any atom is -0.393 e. The molecule has 6 aromatic rings. The van der Waals surface area contributed by atoms with Gasteiger partial charge in [-0.05, 0) is 143 Å². The number of hydrogen-bond acceptors (Lipinski definition) is 5. The number of benzene rings is 6. The van der Waals surface area contributed by atoms with Gasteiger partial charge in [0.25, 0.3) is 0 Å². The van der Waals surface area contributed by atoms with Crippen molar-refractivity contribution < 1.29 is 25.5 Å². The number of rotatable bonds is 17. The predicted octanol–water partition coefficient (Wildman–Crippen LogP) is 19.8. The van der Waals surface area contributed by atoms with Gasteiger partial charge >= 0.3 is 0 Å². The molecule has 462 valence electrons. The van der Waals surface area contributed by atoms with Gasteiger partial charge in [0.2, 0.25) is 0 Å². The van der Waals surface area contributed by atoms with Crippen molar-refractivity contribution in [2.24, 2.45) is 40.9 Å². The highest BCUT2D eigenvalue weighted by Gasteiger charge is 2.31. The van der Waals surface area contributed by atoms with Crippen LogP contribution in [0.3, 0.4) is 0 Å². The topological polar surface area (TPSA) is 101 Å². The molecular formula is C78H120O5. The van der Waals surface area contributed by atoms with Crippen molar-refractivity contribution in [3.63, 3.8) is 0 Å². The quantitative estimate of drug-likeness (QED) is 0.0626. The summed E-state index contributed by atoms with van der Waals surface area (Å²) in [7, 11) is 0. The minimum atomic E-state index is -0.663. The Morgan fingerprint density at radius 1 is 0.253 bits per heavy atom. The Labute approximate surface area is 509 Å². The van der Waals surface area contributed by atoms with E-state index in [4.69, 9.17) is 0 Å². The second kappa shape index (κ2) is 37.5. The van der Waals surface area contributed by atoms with Crippen LogP contribution in [0.5, 0.6) is 0 Å². The maximum atomic E-state index is 10.2. The first-order valence-corrected chi connectivity index (χ1v) is 31.3. The van der Waals surface area contributed by atoms with Crippen LogP contribution in [0.25, 0.3) is 0 Å². The molecule has 0 aromatic heterocycles. The molecule has 5 N–H and O–H groups in total. The molecule has 10 atom stereocenters. The fourth-order valence-corrected chi connectivity index (χ4v) is 12.7. The van der Waals surface area contributed by atoms with Crippen LogP contribution in [0.1, 0.15) is 231 Å². The molecule has 0 saturated heterocycles. The Kier molecular flexibility index (Phi) is 34.4. The maximum absolute atomic E-state index is 10.2. The Morgan fingerprint density at radius 3 is 0.627 bits per heavy atom. The first-order valence-electron chi connectivity index (χ1n) is 31.3. The van der Waals surface area contributed by atoms with Crippen LogP contribution in [0.2, 0.25) is 0 Å². The zero-order chi connectivity index (χ0) is 63.5. The van der Waals surface area contributed by atoms with Crippen molar-refractivity contribution in [3.05, 3.63) is 214 Å². The first kappa shape index (κ1) is 76.1. The van der Waals surface area contributed by atoms with Crippen LogP contribution in [-0.4, -0.2) is 55.5 Å². The van der Waals surface area contributed by atoms with E-state index < -0.39 is 5.60 Å². The zero-order valence-electron chi connectivity index (χ0n) is 56.6. The van der Waals surface area contributed by atoms with Crippen molar-refractivity contribution >= 4 is 0 Å². The van der Waals surface area contributed by atoms with Gasteiger partial charge in [0.1, 0.15) is 0 Å². The molecule has 5 heteroatoms. The van der Waals surface area contributed by atoms with Crippen molar-refractivity contribution in [2.45, 2.75) is 232 Å². The SMILES string of the molecule is CC(C)[C@@H](c1ccccc1)C(C)(C)C.CC(C)[C@@H](c1ccccc1)[C@@H](C)O.CC(C)[C@@H](c1ccccc1)[C@H](C)O.Cc1ccc([C@H](C(C)C)C(C)(C)O)cc1.Cc1ccc([C@H](C(C)C)[C@@H](C)O)cc1.Cc1ccc([C@H](C(C)C)[C@H](C)O)cc1. The fourth-order valence-electron chi connectivity index (χ4n) is 12.7. The minimum absolute atomic E-state index is 0.193. The summed E-state index contributed by atoms with van der Waals surface area (Å²) in [5.41, 5.74) is 11.1.